The highest BCUT2D eigenvalue weighted by Crippen LogP contribution is 2.32. The molecule has 0 amide bonds. The summed E-state index contributed by atoms with van der Waals surface area (Å²) in [7, 11) is 2.23. The van der Waals surface area contributed by atoms with E-state index < -0.39 is 0 Å². The van der Waals surface area contributed by atoms with E-state index in [9.17, 15) is 0 Å². The van der Waals surface area contributed by atoms with Crippen LogP contribution in [0.25, 0.3) is 0 Å². The van der Waals surface area contributed by atoms with Crippen LogP contribution in [0.4, 0.5) is 5.69 Å². The molecule has 4 rings (SSSR count). The van der Waals surface area contributed by atoms with Crippen LogP contribution in [0.15, 0.2) is 72.8 Å². The van der Waals surface area contributed by atoms with Crippen molar-refractivity contribution in [3.05, 3.63) is 78.4 Å². The quantitative estimate of drug-likeness (QED) is 0.522. The number of anilines is 1. The van der Waals surface area contributed by atoms with Gasteiger partial charge in [-0.1, -0.05) is 69.2 Å². The minimum absolute atomic E-state index is 0.519. The molecular weight excluding hydrogens is 377 g/mol. The number of methoxy groups -OCH3 is 1. The second-order valence-electron chi connectivity index (χ2n) is 7.30. The molecule has 1 heterocycles. The van der Waals surface area contributed by atoms with E-state index in [-0.39, 0.29) is 0 Å². The molecule has 1 aliphatic rings. The Balaban J connectivity index is 1.60. The summed E-state index contributed by atoms with van der Waals surface area (Å²) in [4.78, 5) is 2.54. The van der Waals surface area contributed by atoms with E-state index in [0.29, 0.717) is 15.2 Å². The molecule has 0 bridgehead atoms. The fourth-order valence-corrected chi connectivity index (χ4v) is 5.12. The molecule has 3 aromatic rings. The fourth-order valence-electron chi connectivity index (χ4n) is 3.79. The summed E-state index contributed by atoms with van der Waals surface area (Å²) in [6.45, 7) is 2.83. The van der Waals surface area contributed by atoms with Gasteiger partial charge in [0.2, 0.25) is 0 Å². The van der Waals surface area contributed by atoms with Crippen LogP contribution in [0.2, 0.25) is 0 Å². The minimum Gasteiger partial charge on any atom is -0.493 e. The lowest BCUT2D eigenvalue weighted by molar-refractivity contribution is 0.287. The lowest BCUT2D eigenvalue weighted by atomic mass is 10.1. The topological polar surface area (TPSA) is 21.7 Å². The molecule has 3 nitrogen and oxygen atoms in total. The van der Waals surface area contributed by atoms with Gasteiger partial charge in [0.25, 0.3) is 0 Å². The van der Waals surface area contributed by atoms with E-state index in [0.717, 1.165) is 30.2 Å². The van der Waals surface area contributed by atoms with Gasteiger partial charge in [-0.3, -0.25) is 0 Å². The monoisotopic (exact) mass is 405 g/mol. The molecule has 150 valence electrons. The summed E-state index contributed by atoms with van der Waals surface area (Å²) >= 11 is 0. The van der Waals surface area contributed by atoms with Crippen molar-refractivity contribution in [2.45, 2.75) is 25.9 Å². The van der Waals surface area contributed by atoms with Crippen molar-refractivity contribution in [3.8, 4) is 11.5 Å². The zero-order valence-corrected chi connectivity index (χ0v) is 17.9. The van der Waals surface area contributed by atoms with Gasteiger partial charge < -0.3 is 14.4 Å². The van der Waals surface area contributed by atoms with Gasteiger partial charge in [-0.05, 0) is 37.0 Å². The first-order chi connectivity index (χ1) is 14.3. The van der Waals surface area contributed by atoms with Gasteiger partial charge in [-0.15, -0.1) is 0 Å². The first kappa shape index (κ1) is 19.8. The molecule has 1 fully saturated rings. The molecule has 0 spiro atoms. The number of ether oxygens (including phenoxy) is 2. The Morgan fingerprint density at radius 2 is 1.52 bits per heavy atom. The molecule has 0 N–H and O–H groups in total. The molecule has 4 heteroatoms. The van der Waals surface area contributed by atoms with Crippen molar-refractivity contribution >= 4 is 24.9 Å². The van der Waals surface area contributed by atoms with Gasteiger partial charge >= 0.3 is 0 Å². The predicted molar refractivity (Wildman–Crippen MR) is 124 cm³/mol. The SMILES string of the molecule is COc1cccc(Pc2ccccc2N2CCCCC2)c1OCc1ccccc1. The maximum absolute atomic E-state index is 6.27. The summed E-state index contributed by atoms with van der Waals surface area (Å²) in [5.41, 5.74) is 2.52. The number of para-hydroxylation sites is 2. The van der Waals surface area contributed by atoms with Crippen LogP contribution in [-0.2, 0) is 6.61 Å². The number of piperidine rings is 1. The summed E-state index contributed by atoms with van der Waals surface area (Å²) in [5.74, 6) is 1.65. The Morgan fingerprint density at radius 1 is 0.793 bits per heavy atom. The Kier molecular flexibility index (Phi) is 6.69. The van der Waals surface area contributed by atoms with Gasteiger partial charge in [0, 0.05) is 29.4 Å². The van der Waals surface area contributed by atoms with Crippen LogP contribution in [0, 0.1) is 0 Å². The van der Waals surface area contributed by atoms with Crippen molar-refractivity contribution in [2.24, 2.45) is 0 Å². The summed E-state index contributed by atoms with van der Waals surface area (Å²) in [6, 6.07) is 25.3. The summed E-state index contributed by atoms with van der Waals surface area (Å²) < 4.78 is 11.9. The van der Waals surface area contributed by atoms with Crippen molar-refractivity contribution in [1.82, 2.24) is 0 Å². The van der Waals surface area contributed by atoms with Gasteiger partial charge in [0.1, 0.15) is 6.61 Å². The van der Waals surface area contributed by atoms with Crippen LogP contribution in [0.5, 0.6) is 11.5 Å². The molecule has 29 heavy (non-hydrogen) atoms. The third-order valence-electron chi connectivity index (χ3n) is 5.29. The molecule has 1 aliphatic heterocycles. The largest absolute Gasteiger partial charge is 0.493 e. The second-order valence-corrected chi connectivity index (χ2v) is 8.63. The number of nitrogens with zero attached hydrogens (tertiary/aromatic N) is 1. The normalized spacial score (nSPS) is 14.3. The highest BCUT2D eigenvalue weighted by molar-refractivity contribution is 7.56. The maximum Gasteiger partial charge on any atom is 0.169 e. The van der Waals surface area contributed by atoms with Crippen LogP contribution < -0.4 is 25.0 Å². The predicted octanol–water partition coefficient (Wildman–Crippen LogP) is 4.89. The molecule has 0 radical (unpaired) electrons. The standard InChI is InChI=1S/C25H28NO2P/c1-27-22-14-10-16-24(25(22)28-19-20-11-4-2-5-12-20)29-23-15-7-6-13-21(23)26-17-8-3-9-18-26/h2,4-7,10-16,29H,3,8-9,17-19H2,1H3. The van der Waals surface area contributed by atoms with Gasteiger partial charge in [-0.2, -0.15) is 0 Å². The number of hydrogen-bond donors (Lipinski definition) is 0. The van der Waals surface area contributed by atoms with Crippen molar-refractivity contribution in [3.63, 3.8) is 0 Å². The van der Waals surface area contributed by atoms with Gasteiger partial charge in [0.05, 0.1) is 7.11 Å². The molecule has 1 atom stereocenters. The molecule has 0 aromatic heterocycles. The number of hydrogen-bond acceptors (Lipinski definition) is 3. The van der Waals surface area contributed by atoms with Gasteiger partial charge in [0.15, 0.2) is 11.5 Å². The van der Waals surface area contributed by atoms with E-state index in [1.54, 1.807) is 7.11 Å². The molecule has 1 saturated heterocycles. The number of benzene rings is 3. The first-order valence-corrected chi connectivity index (χ1v) is 11.3. The van der Waals surface area contributed by atoms with E-state index in [1.165, 1.54) is 35.6 Å². The van der Waals surface area contributed by atoms with Crippen molar-refractivity contribution in [2.75, 3.05) is 25.1 Å². The fraction of sp³-hybridized carbons (Fsp3) is 0.280. The van der Waals surface area contributed by atoms with Crippen LogP contribution in [-0.4, -0.2) is 20.2 Å². The molecule has 1 unspecified atom stereocenters. The molecular formula is C25H28NO2P. The molecule has 3 aromatic carbocycles. The Hall–Kier alpha value is -2.51. The Morgan fingerprint density at radius 3 is 2.31 bits per heavy atom. The van der Waals surface area contributed by atoms with E-state index in [2.05, 4.69) is 53.4 Å². The third-order valence-corrected chi connectivity index (χ3v) is 6.65. The highest BCUT2D eigenvalue weighted by Gasteiger charge is 2.17. The van der Waals surface area contributed by atoms with Crippen molar-refractivity contribution < 1.29 is 9.47 Å². The van der Waals surface area contributed by atoms with Crippen LogP contribution >= 0.6 is 8.58 Å². The Bertz CT molecular complexity index is 923. The van der Waals surface area contributed by atoms with E-state index in [1.807, 2.05) is 24.3 Å². The van der Waals surface area contributed by atoms with Crippen molar-refractivity contribution in [1.29, 1.82) is 0 Å². The zero-order chi connectivity index (χ0) is 19.9. The van der Waals surface area contributed by atoms with Crippen LogP contribution in [0.3, 0.4) is 0 Å². The first-order valence-electron chi connectivity index (χ1n) is 10.3. The second kappa shape index (κ2) is 9.80. The minimum atomic E-state index is 0.519. The Labute approximate surface area is 175 Å². The van der Waals surface area contributed by atoms with E-state index >= 15 is 0 Å². The zero-order valence-electron chi connectivity index (χ0n) is 16.9. The summed E-state index contributed by atoms with van der Waals surface area (Å²) in [5, 5.41) is 2.55. The average Bonchev–Trinajstić information content (AvgIpc) is 2.79. The summed E-state index contributed by atoms with van der Waals surface area (Å²) in [6.07, 6.45) is 3.90. The smallest absolute Gasteiger partial charge is 0.169 e. The lowest BCUT2D eigenvalue weighted by Crippen LogP contribution is -2.32. The third kappa shape index (κ3) is 4.92. The van der Waals surface area contributed by atoms with Crippen LogP contribution in [0.1, 0.15) is 24.8 Å². The maximum atomic E-state index is 6.27. The number of rotatable bonds is 7. The average molecular weight is 405 g/mol. The lowest BCUT2D eigenvalue weighted by Gasteiger charge is -2.30. The van der Waals surface area contributed by atoms with Gasteiger partial charge in [-0.25, -0.2) is 0 Å². The van der Waals surface area contributed by atoms with E-state index in [4.69, 9.17) is 9.47 Å². The molecule has 0 saturated carbocycles. The highest BCUT2D eigenvalue weighted by atomic mass is 31.1. The molecule has 0 aliphatic carbocycles.